The Morgan fingerprint density at radius 1 is 1.16 bits per heavy atom. The van der Waals surface area contributed by atoms with Crippen molar-refractivity contribution in [3.05, 3.63) is 53.1 Å². The molecule has 0 atom stereocenters. The number of morpholine rings is 1. The maximum atomic E-state index is 12.9. The van der Waals surface area contributed by atoms with Crippen LogP contribution in [0.1, 0.15) is 12.0 Å². The lowest BCUT2D eigenvalue weighted by atomic mass is 10.1. The summed E-state index contributed by atoms with van der Waals surface area (Å²) in [5.74, 6) is 1.06. The molecule has 1 N–H and O–H groups in total. The van der Waals surface area contributed by atoms with Crippen LogP contribution in [0.5, 0.6) is 11.5 Å². The van der Waals surface area contributed by atoms with E-state index >= 15 is 0 Å². The summed E-state index contributed by atoms with van der Waals surface area (Å²) in [7, 11) is -2.11. The first-order valence-corrected chi connectivity index (χ1v) is 12.1. The number of carbonyl (C=O) groups is 1. The zero-order chi connectivity index (χ0) is 23.0. The Bertz CT molecular complexity index is 1010. The molecular formula is C22H27ClN2O6S. The Labute approximate surface area is 193 Å². The number of aryl methyl sites for hydroxylation is 1. The SMILES string of the molecule is COc1ccc(S(=O)(=O)N2CCOCC2)cc1CCC(=O)NCCOc1ccc(Cl)cc1. The van der Waals surface area contributed by atoms with E-state index in [1.54, 1.807) is 36.4 Å². The van der Waals surface area contributed by atoms with Crippen molar-refractivity contribution in [1.82, 2.24) is 9.62 Å². The first-order valence-electron chi connectivity index (χ1n) is 10.3. The normalized spacial score (nSPS) is 14.7. The smallest absolute Gasteiger partial charge is 0.243 e. The average molecular weight is 483 g/mol. The van der Waals surface area contributed by atoms with Gasteiger partial charge in [0.25, 0.3) is 0 Å². The van der Waals surface area contributed by atoms with Crippen LogP contribution in [0.25, 0.3) is 0 Å². The first kappa shape index (κ1) is 24.3. The van der Waals surface area contributed by atoms with Crippen molar-refractivity contribution in [3.63, 3.8) is 0 Å². The maximum absolute atomic E-state index is 12.9. The van der Waals surface area contributed by atoms with E-state index in [1.807, 2.05) is 0 Å². The molecular weight excluding hydrogens is 456 g/mol. The predicted molar refractivity (Wildman–Crippen MR) is 121 cm³/mol. The quantitative estimate of drug-likeness (QED) is 0.523. The van der Waals surface area contributed by atoms with Crippen LogP contribution in [0.15, 0.2) is 47.4 Å². The standard InChI is InChI=1S/C22H27ClN2O6S/c1-29-21-8-7-20(32(27,28)25-11-14-30-15-12-25)16-17(21)2-9-22(26)24-10-13-31-19-5-3-18(23)4-6-19/h3-8,16H,2,9-15H2,1H3,(H,24,26). The average Bonchev–Trinajstić information content (AvgIpc) is 2.82. The predicted octanol–water partition coefficient (Wildman–Crippen LogP) is 2.50. The van der Waals surface area contributed by atoms with Gasteiger partial charge in [-0.2, -0.15) is 4.31 Å². The van der Waals surface area contributed by atoms with Crippen LogP contribution in [-0.2, 0) is 26.0 Å². The molecule has 3 rings (SSSR count). The highest BCUT2D eigenvalue weighted by atomic mass is 35.5. The fourth-order valence-electron chi connectivity index (χ4n) is 3.27. The highest BCUT2D eigenvalue weighted by Gasteiger charge is 2.27. The van der Waals surface area contributed by atoms with Crippen LogP contribution in [0.2, 0.25) is 5.02 Å². The third-order valence-electron chi connectivity index (χ3n) is 4.99. The number of rotatable bonds is 10. The minimum atomic E-state index is -3.62. The van der Waals surface area contributed by atoms with E-state index in [0.717, 1.165) is 0 Å². The summed E-state index contributed by atoms with van der Waals surface area (Å²) in [4.78, 5) is 12.4. The summed E-state index contributed by atoms with van der Waals surface area (Å²) in [5, 5.41) is 3.43. The molecule has 1 heterocycles. The van der Waals surface area contributed by atoms with Gasteiger partial charge in [-0.15, -0.1) is 0 Å². The molecule has 0 saturated carbocycles. The molecule has 174 valence electrons. The number of nitrogens with one attached hydrogen (secondary N) is 1. The van der Waals surface area contributed by atoms with Crippen LogP contribution in [-0.4, -0.2) is 65.2 Å². The summed E-state index contributed by atoms with van der Waals surface area (Å²) < 4.78 is 43.4. The molecule has 0 spiro atoms. The molecule has 2 aromatic carbocycles. The number of amides is 1. The van der Waals surface area contributed by atoms with E-state index < -0.39 is 10.0 Å². The molecule has 1 aliphatic rings. The zero-order valence-electron chi connectivity index (χ0n) is 17.9. The van der Waals surface area contributed by atoms with Crippen LogP contribution in [0.3, 0.4) is 0 Å². The number of hydrogen-bond acceptors (Lipinski definition) is 6. The fraction of sp³-hybridized carbons (Fsp3) is 0.409. The van der Waals surface area contributed by atoms with Gasteiger partial charge in [-0.3, -0.25) is 4.79 Å². The molecule has 1 aliphatic heterocycles. The number of ether oxygens (including phenoxy) is 3. The molecule has 8 nitrogen and oxygen atoms in total. The number of halogens is 1. The highest BCUT2D eigenvalue weighted by molar-refractivity contribution is 7.89. The van der Waals surface area contributed by atoms with Crippen molar-refractivity contribution < 1.29 is 27.4 Å². The summed E-state index contributed by atoms with van der Waals surface area (Å²) in [6, 6.07) is 11.7. The number of sulfonamides is 1. The largest absolute Gasteiger partial charge is 0.496 e. The van der Waals surface area contributed by atoms with E-state index in [0.29, 0.717) is 68.0 Å². The molecule has 2 aromatic rings. The van der Waals surface area contributed by atoms with Crippen LogP contribution < -0.4 is 14.8 Å². The van der Waals surface area contributed by atoms with E-state index in [4.69, 9.17) is 25.8 Å². The van der Waals surface area contributed by atoms with Gasteiger partial charge in [-0.1, -0.05) is 11.6 Å². The molecule has 0 bridgehead atoms. The summed E-state index contributed by atoms with van der Waals surface area (Å²) in [6.45, 7) is 2.08. The van der Waals surface area contributed by atoms with Gasteiger partial charge in [0.1, 0.15) is 18.1 Å². The van der Waals surface area contributed by atoms with Crippen molar-refractivity contribution >= 4 is 27.5 Å². The van der Waals surface area contributed by atoms with E-state index in [-0.39, 0.29) is 17.2 Å². The van der Waals surface area contributed by atoms with Crippen LogP contribution >= 0.6 is 11.6 Å². The second-order valence-electron chi connectivity index (χ2n) is 7.14. The van der Waals surface area contributed by atoms with Gasteiger partial charge in [-0.25, -0.2) is 8.42 Å². The minimum Gasteiger partial charge on any atom is -0.496 e. The molecule has 1 amide bonds. The van der Waals surface area contributed by atoms with Crippen molar-refractivity contribution in [2.24, 2.45) is 0 Å². The van der Waals surface area contributed by atoms with E-state index in [9.17, 15) is 13.2 Å². The lowest BCUT2D eigenvalue weighted by Gasteiger charge is -2.26. The van der Waals surface area contributed by atoms with Crippen LogP contribution in [0, 0.1) is 0 Å². The molecule has 0 radical (unpaired) electrons. The zero-order valence-corrected chi connectivity index (χ0v) is 19.5. The maximum Gasteiger partial charge on any atom is 0.243 e. The van der Waals surface area contributed by atoms with Gasteiger partial charge in [0.15, 0.2) is 0 Å². The number of methoxy groups -OCH3 is 1. The molecule has 0 aromatic heterocycles. The van der Waals surface area contributed by atoms with Gasteiger partial charge in [-0.05, 0) is 54.4 Å². The summed E-state index contributed by atoms with van der Waals surface area (Å²) in [5.41, 5.74) is 0.661. The molecule has 1 fully saturated rings. The summed E-state index contributed by atoms with van der Waals surface area (Å²) in [6.07, 6.45) is 0.540. The Hall–Kier alpha value is -2.33. The number of hydrogen-bond donors (Lipinski definition) is 1. The Kier molecular flexibility index (Phi) is 8.75. The van der Waals surface area contributed by atoms with Gasteiger partial charge in [0, 0.05) is 24.5 Å². The highest BCUT2D eigenvalue weighted by Crippen LogP contribution is 2.26. The van der Waals surface area contributed by atoms with Gasteiger partial charge in [0.2, 0.25) is 15.9 Å². The van der Waals surface area contributed by atoms with Gasteiger partial charge >= 0.3 is 0 Å². The Morgan fingerprint density at radius 2 is 1.88 bits per heavy atom. The summed E-state index contributed by atoms with van der Waals surface area (Å²) >= 11 is 5.83. The lowest BCUT2D eigenvalue weighted by Crippen LogP contribution is -2.40. The Balaban J connectivity index is 1.53. The second-order valence-corrected chi connectivity index (χ2v) is 9.52. The first-order chi connectivity index (χ1) is 15.4. The topological polar surface area (TPSA) is 94.2 Å². The third kappa shape index (κ3) is 6.59. The number of benzene rings is 2. The van der Waals surface area contributed by atoms with E-state index in [1.165, 1.54) is 17.5 Å². The minimum absolute atomic E-state index is 0.159. The Morgan fingerprint density at radius 3 is 2.56 bits per heavy atom. The van der Waals surface area contributed by atoms with Crippen molar-refractivity contribution in [2.45, 2.75) is 17.7 Å². The molecule has 0 unspecified atom stereocenters. The monoisotopic (exact) mass is 482 g/mol. The second kappa shape index (κ2) is 11.5. The van der Waals surface area contributed by atoms with Crippen molar-refractivity contribution in [1.29, 1.82) is 0 Å². The lowest BCUT2D eigenvalue weighted by molar-refractivity contribution is -0.121. The van der Waals surface area contributed by atoms with Gasteiger partial charge < -0.3 is 19.5 Å². The van der Waals surface area contributed by atoms with Crippen molar-refractivity contribution in [2.75, 3.05) is 46.6 Å². The molecule has 0 aliphatic carbocycles. The number of nitrogens with zero attached hydrogens (tertiary/aromatic N) is 1. The third-order valence-corrected chi connectivity index (χ3v) is 7.13. The van der Waals surface area contributed by atoms with Crippen LogP contribution in [0.4, 0.5) is 0 Å². The van der Waals surface area contributed by atoms with Gasteiger partial charge in [0.05, 0.1) is 31.8 Å². The van der Waals surface area contributed by atoms with Crippen molar-refractivity contribution in [3.8, 4) is 11.5 Å². The molecule has 1 saturated heterocycles. The van der Waals surface area contributed by atoms with E-state index in [2.05, 4.69) is 5.32 Å². The fourth-order valence-corrected chi connectivity index (χ4v) is 4.86. The molecule has 10 heteroatoms. The molecule has 32 heavy (non-hydrogen) atoms. The number of carbonyl (C=O) groups excluding carboxylic acids is 1.